The molecule has 1 fully saturated rings. The van der Waals surface area contributed by atoms with Crippen molar-refractivity contribution in [3.05, 3.63) is 48.0 Å². The third-order valence-corrected chi connectivity index (χ3v) is 9.08. The lowest BCUT2D eigenvalue weighted by Crippen LogP contribution is -2.26. The van der Waals surface area contributed by atoms with Gasteiger partial charge in [0.05, 0.1) is 11.5 Å². The Hall–Kier alpha value is -2.21. The summed E-state index contributed by atoms with van der Waals surface area (Å²) < 4.78 is 0. The Morgan fingerprint density at radius 3 is 1.74 bits per heavy atom. The molecule has 0 unspecified atom stereocenters. The van der Waals surface area contributed by atoms with Crippen molar-refractivity contribution in [2.24, 2.45) is 5.41 Å². The summed E-state index contributed by atoms with van der Waals surface area (Å²) in [7, 11) is 0. The molecule has 0 amide bonds. The summed E-state index contributed by atoms with van der Waals surface area (Å²) in [5, 5.41) is 10.00. The van der Waals surface area contributed by atoms with E-state index in [9.17, 15) is 5.26 Å². The summed E-state index contributed by atoms with van der Waals surface area (Å²) in [6.07, 6.45) is 30.4. The number of unbranched alkanes of at least 4 members (excludes halogenated alkanes) is 13. The van der Waals surface area contributed by atoms with E-state index in [1.807, 2.05) is 12.4 Å². The van der Waals surface area contributed by atoms with Gasteiger partial charge in [-0.05, 0) is 56.1 Å². The third-order valence-electron chi connectivity index (χ3n) is 9.08. The number of aryl methyl sites for hydroxylation is 1. The summed E-state index contributed by atoms with van der Waals surface area (Å²) >= 11 is 0. The number of nitriles is 1. The first kappa shape index (κ1) is 31.3. The van der Waals surface area contributed by atoms with Crippen LogP contribution in [0.5, 0.6) is 0 Å². The maximum atomic E-state index is 10.00. The topological polar surface area (TPSA) is 49.6 Å². The fourth-order valence-corrected chi connectivity index (χ4v) is 6.29. The quantitative estimate of drug-likeness (QED) is 0.170. The van der Waals surface area contributed by atoms with Crippen LogP contribution in [0.2, 0.25) is 0 Å². The molecule has 0 saturated heterocycles. The number of hydrogen-bond donors (Lipinski definition) is 0. The van der Waals surface area contributed by atoms with Crippen molar-refractivity contribution in [1.29, 1.82) is 5.26 Å². The predicted molar refractivity (Wildman–Crippen MR) is 166 cm³/mol. The molecular formula is C36H55N3. The van der Waals surface area contributed by atoms with Gasteiger partial charge < -0.3 is 0 Å². The molecule has 1 aromatic heterocycles. The van der Waals surface area contributed by atoms with Crippen molar-refractivity contribution in [3.63, 3.8) is 0 Å². The van der Waals surface area contributed by atoms with Gasteiger partial charge in [-0.15, -0.1) is 0 Å². The molecule has 3 rings (SSSR count). The van der Waals surface area contributed by atoms with Crippen LogP contribution in [0.15, 0.2) is 36.7 Å². The van der Waals surface area contributed by atoms with Crippen LogP contribution in [0.4, 0.5) is 0 Å². The first-order valence-electron chi connectivity index (χ1n) is 16.5. The van der Waals surface area contributed by atoms with E-state index in [4.69, 9.17) is 9.97 Å². The summed E-state index contributed by atoms with van der Waals surface area (Å²) in [5.41, 5.74) is 3.61. The number of nitrogens with zero attached hydrogens (tertiary/aromatic N) is 3. The van der Waals surface area contributed by atoms with Crippen LogP contribution in [-0.4, -0.2) is 9.97 Å². The molecule has 0 atom stereocenters. The Morgan fingerprint density at radius 2 is 1.21 bits per heavy atom. The standard InChI is InChI=1S/C36H55N3/c1-3-5-7-9-11-13-15-17-25-36(30-37)26-23-33(24-27-36)35-38-28-34(29-39-35)32-21-19-31(20-22-32)18-16-14-12-10-8-6-4-2/h19-22,28-29,33H,3-18,23-27H2,1-2H3/t33-,36-. The van der Waals surface area contributed by atoms with E-state index >= 15 is 0 Å². The molecule has 0 radical (unpaired) electrons. The molecule has 0 aliphatic heterocycles. The van der Waals surface area contributed by atoms with Gasteiger partial charge in [-0.2, -0.15) is 5.26 Å². The predicted octanol–water partition coefficient (Wildman–Crippen LogP) is 11.1. The highest BCUT2D eigenvalue weighted by Gasteiger charge is 2.36. The molecule has 0 bridgehead atoms. The van der Waals surface area contributed by atoms with Crippen molar-refractivity contribution >= 4 is 0 Å². The minimum atomic E-state index is -0.116. The van der Waals surface area contributed by atoms with Crippen LogP contribution in [0.1, 0.15) is 160 Å². The fourth-order valence-electron chi connectivity index (χ4n) is 6.29. The van der Waals surface area contributed by atoms with Gasteiger partial charge in [-0.25, -0.2) is 9.97 Å². The van der Waals surface area contributed by atoms with Crippen molar-refractivity contribution in [2.75, 3.05) is 0 Å². The van der Waals surface area contributed by atoms with Gasteiger partial charge in [0.2, 0.25) is 0 Å². The van der Waals surface area contributed by atoms with Gasteiger partial charge in [0.25, 0.3) is 0 Å². The molecule has 2 aromatic rings. The molecule has 1 aliphatic carbocycles. The van der Waals surface area contributed by atoms with E-state index in [0.29, 0.717) is 5.92 Å². The van der Waals surface area contributed by atoms with Gasteiger partial charge in [0, 0.05) is 23.9 Å². The zero-order valence-electron chi connectivity index (χ0n) is 25.2. The molecule has 0 N–H and O–H groups in total. The van der Waals surface area contributed by atoms with E-state index in [1.165, 1.54) is 114 Å². The van der Waals surface area contributed by atoms with Crippen LogP contribution < -0.4 is 0 Å². The SMILES string of the molecule is CCCCCCCCCC[C@]1(C#N)CC[C@H](c2ncc(-c3ccc(CCCCCCCCC)cc3)cn2)CC1. The first-order chi connectivity index (χ1) is 19.2. The van der Waals surface area contributed by atoms with Crippen molar-refractivity contribution < 1.29 is 0 Å². The second-order valence-corrected chi connectivity index (χ2v) is 12.3. The molecule has 0 spiro atoms. The molecular weight excluding hydrogens is 474 g/mol. The zero-order valence-corrected chi connectivity index (χ0v) is 25.2. The number of aromatic nitrogens is 2. The van der Waals surface area contributed by atoms with Crippen LogP contribution in [0.25, 0.3) is 11.1 Å². The Labute approximate surface area is 240 Å². The third kappa shape index (κ3) is 11.1. The van der Waals surface area contributed by atoms with E-state index in [1.54, 1.807) is 0 Å². The number of benzene rings is 1. The van der Waals surface area contributed by atoms with E-state index in [0.717, 1.165) is 43.5 Å². The van der Waals surface area contributed by atoms with E-state index in [-0.39, 0.29) is 5.41 Å². The maximum Gasteiger partial charge on any atom is 0.131 e. The molecule has 3 nitrogen and oxygen atoms in total. The molecule has 3 heteroatoms. The molecule has 1 saturated carbocycles. The molecule has 1 heterocycles. The highest BCUT2D eigenvalue weighted by atomic mass is 14.9. The molecule has 39 heavy (non-hydrogen) atoms. The summed E-state index contributed by atoms with van der Waals surface area (Å²) in [5.74, 6) is 1.36. The smallest absolute Gasteiger partial charge is 0.131 e. The first-order valence-corrected chi connectivity index (χ1v) is 16.5. The summed E-state index contributed by atoms with van der Waals surface area (Å²) in [6.45, 7) is 4.55. The Balaban J connectivity index is 1.38. The molecule has 1 aromatic carbocycles. The van der Waals surface area contributed by atoms with Crippen LogP contribution in [-0.2, 0) is 6.42 Å². The van der Waals surface area contributed by atoms with Crippen LogP contribution in [0, 0.1) is 16.7 Å². The van der Waals surface area contributed by atoms with Crippen LogP contribution in [0.3, 0.4) is 0 Å². The monoisotopic (exact) mass is 529 g/mol. The lowest BCUT2D eigenvalue weighted by Gasteiger charge is -2.34. The average Bonchev–Trinajstić information content (AvgIpc) is 2.99. The van der Waals surface area contributed by atoms with Crippen molar-refractivity contribution in [3.8, 4) is 17.2 Å². The largest absolute Gasteiger partial charge is 0.240 e. The number of hydrogen-bond acceptors (Lipinski definition) is 3. The maximum absolute atomic E-state index is 10.00. The molecule has 1 aliphatic rings. The lowest BCUT2D eigenvalue weighted by molar-refractivity contribution is 0.219. The van der Waals surface area contributed by atoms with Gasteiger partial charge in [-0.1, -0.05) is 128 Å². The number of rotatable bonds is 19. The minimum absolute atomic E-state index is 0.116. The van der Waals surface area contributed by atoms with E-state index in [2.05, 4.69) is 44.2 Å². The van der Waals surface area contributed by atoms with Gasteiger partial charge in [0.1, 0.15) is 5.82 Å². The Bertz CT molecular complexity index is 933. The van der Waals surface area contributed by atoms with Gasteiger partial charge in [-0.3, -0.25) is 0 Å². The minimum Gasteiger partial charge on any atom is -0.240 e. The average molecular weight is 530 g/mol. The summed E-state index contributed by atoms with van der Waals surface area (Å²) in [4.78, 5) is 9.58. The fraction of sp³-hybridized carbons (Fsp3) is 0.694. The van der Waals surface area contributed by atoms with Crippen molar-refractivity contribution in [1.82, 2.24) is 9.97 Å². The summed E-state index contributed by atoms with van der Waals surface area (Å²) in [6, 6.07) is 11.7. The molecule has 214 valence electrons. The zero-order chi connectivity index (χ0) is 27.6. The lowest BCUT2D eigenvalue weighted by atomic mass is 9.68. The highest BCUT2D eigenvalue weighted by Crippen LogP contribution is 2.45. The van der Waals surface area contributed by atoms with Gasteiger partial charge >= 0.3 is 0 Å². The second-order valence-electron chi connectivity index (χ2n) is 12.3. The van der Waals surface area contributed by atoms with Crippen molar-refractivity contribution in [2.45, 2.75) is 155 Å². The second kappa shape index (κ2) is 18.2. The normalized spacial score (nSPS) is 19.2. The Morgan fingerprint density at radius 1 is 0.692 bits per heavy atom. The van der Waals surface area contributed by atoms with Gasteiger partial charge in [0.15, 0.2) is 0 Å². The van der Waals surface area contributed by atoms with E-state index < -0.39 is 0 Å². The van der Waals surface area contributed by atoms with Crippen LogP contribution >= 0.6 is 0 Å². The Kier molecular flexibility index (Phi) is 14.6. The highest BCUT2D eigenvalue weighted by molar-refractivity contribution is 5.61.